The number of alkyl halides is 9. The second-order valence-corrected chi connectivity index (χ2v) is 11.3. The standard InChI is InChI=1S/C22H18F3NO3.C13H11F6NO2/c1-28-20-10-6-14(17-9-5-15(12-19(17)26)21(27)29-2)11-18(20)13-3-7-16(8-4-13)22(23,24)25;1-7-6-22-11(21)20(7)5-8-2-9(12(14,15)16)4-10(3-8)13(17,18)19/h3-12H,26H2,1-2H3;2-4,7H,5-6H2,1H3. The predicted octanol–water partition coefficient (Wildman–Crippen LogP) is 9.48. The van der Waals surface area contributed by atoms with E-state index in [1.807, 2.05) is 0 Å². The molecule has 1 heterocycles. The first-order chi connectivity index (χ1) is 23.7. The van der Waals surface area contributed by atoms with Crippen molar-refractivity contribution in [1.82, 2.24) is 4.90 Å². The largest absolute Gasteiger partial charge is 0.496 e. The molecule has 51 heavy (non-hydrogen) atoms. The van der Waals surface area contributed by atoms with Gasteiger partial charge in [-0.15, -0.1) is 0 Å². The van der Waals surface area contributed by atoms with E-state index < -0.39 is 53.3 Å². The molecule has 4 aromatic carbocycles. The number of ether oxygens (including phenoxy) is 3. The SMILES string of the molecule is CC1COC(=O)N1Cc1cc(C(F)(F)F)cc(C(F)(F)F)c1.COC(=O)c1ccc(-c2ccc(OC)c(-c3ccc(C(F)(F)F)cc3)c2)c(N)c1. The summed E-state index contributed by atoms with van der Waals surface area (Å²) in [5.74, 6) is 0.0154. The van der Waals surface area contributed by atoms with Crippen molar-refractivity contribution in [3.05, 3.63) is 107 Å². The smallest absolute Gasteiger partial charge is 0.416 e. The van der Waals surface area contributed by atoms with Crippen molar-refractivity contribution >= 4 is 17.7 Å². The lowest BCUT2D eigenvalue weighted by molar-refractivity contribution is -0.143. The molecular weight excluding hydrogens is 699 g/mol. The number of benzene rings is 4. The van der Waals surface area contributed by atoms with Crippen LogP contribution in [0.2, 0.25) is 0 Å². The highest BCUT2D eigenvalue weighted by Crippen LogP contribution is 2.39. The molecule has 2 N–H and O–H groups in total. The number of hydrogen-bond donors (Lipinski definition) is 1. The molecule has 16 heteroatoms. The number of halogens is 9. The monoisotopic (exact) mass is 728 g/mol. The first-order valence-corrected chi connectivity index (χ1v) is 14.8. The van der Waals surface area contributed by atoms with Crippen LogP contribution in [0.1, 0.15) is 39.5 Å². The summed E-state index contributed by atoms with van der Waals surface area (Å²) in [5.41, 5.74) is 5.61. The summed E-state index contributed by atoms with van der Waals surface area (Å²) < 4.78 is 130. The van der Waals surface area contributed by atoms with E-state index in [-0.39, 0.29) is 24.8 Å². The molecule has 1 saturated heterocycles. The second-order valence-electron chi connectivity index (χ2n) is 11.3. The van der Waals surface area contributed by atoms with Crippen LogP contribution < -0.4 is 10.5 Å². The maximum atomic E-state index is 12.8. The van der Waals surface area contributed by atoms with Gasteiger partial charge in [-0.1, -0.05) is 24.3 Å². The van der Waals surface area contributed by atoms with Crippen LogP contribution in [0.3, 0.4) is 0 Å². The molecule has 0 spiro atoms. The number of nitrogens with two attached hydrogens (primary N) is 1. The van der Waals surface area contributed by atoms with Gasteiger partial charge in [0.05, 0.1) is 42.5 Å². The Hall–Kier alpha value is -5.41. The van der Waals surface area contributed by atoms with Crippen LogP contribution in [0.15, 0.2) is 78.9 Å². The first-order valence-electron chi connectivity index (χ1n) is 14.8. The van der Waals surface area contributed by atoms with Gasteiger partial charge in [0, 0.05) is 23.4 Å². The zero-order valence-corrected chi connectivity index (χ0v) is 27.0. The quantitative estimate of drug-likeness (QED) is 0.121. The number of carbonyl (C=O) groups excluding carboxylic acids is 2. The molecule has 0 bridgehead atoms. The van der Waals surface area contributed by atoms with Gasteiger partial charge in [-0.05, 0) is 78.2 Å². The van der Waals surface area contributed by atoms with Crippen molar-refractivity contribution in [2.24, 2.45) is 0 Å². The summed E-state index contributed by atoms with van der Waals surface area (Å²) in [7, 11) is 2.77. The van der Waals surface area contributed by atoms with Crippen molar-refractivity contribution in [3.8, 4) is 28.0 Å². The van der Waals surface area contributed by atoms with E-state index >= 15 is 0 Å². The molecule has 0 aromatic heterocycles. The fourth-order valence-electron chi connectivity index (χ4n) is 5.08. The molecular formula is C35H29F9N2O5. The Bertz CT molecular complexity index is 1860. The maximum Gasteiger partial charge on any atom is 0.416 e. The van der Waals surface area contributed by atoms with Gasteiger partial charge in [0.2, 0.25) is 0 Å². The lowest BCUT2D eigenvalue weighted by Crippen LogP contribution is -2.30. The van der Waals surface area contributed by atoms with Crippen LogP contribution in [0.4, 0.5) is 50.0 Å². The number of amides is 1. The van der Waals surface area contributed by atoms with Crippen LogP contribution in [-0.4, -0.2) is 43.8 Å². The van der Waals surface area contributed by atoms with E-state index in [0.717, 1.165) is 22.6 Å². The topological polar surface area (TPSA) is 91.1 Å². The van der Waals surface area contributed by atoms with Crippen molar-refractivity contribution < 1.29 is 63.3 Å². The highest BCUT2D eigenvalue weighted by molar-refractivity contribution is 5.93. The third-order valence-corrected chi connectivity index (χ3v) is 7.72. The van der Waals surface area contributed by atoms with Gasteiger partial charge in [0.25, 0.3) is 0 Å². The van der Waals surface area contributed by atoms with Gasteiger partial charge in [0.15, 0.2) is 0 Å². The van der Waals surface area contributed by atoms with E-state index in [4.69, 9.17) is 10.5 Å². The van der Waals surface area contributed by atoms with Gasteiger partial charge < -0.3 is 19.9 Å². The minimum absolute atomic E-state index is 0.0456. The molecule has 1 fully saturated rings. The Morgan fingerprint density at radius 2 is 1.33 bits per heavy atom. The number of cyclic esters (lactones) is 1. The molecule has 1 aliphatic rings. The number of anilines is 1. The predicted molar refractivity (Wildman–Crippen MR) is 167 cm³/mol. The minimum atomic E-state index is -4.91. The third kappa shape index (κ3) is 9.23. The zero-order chi connectivity index (χ0) is 37.9. The number of nitrogens with zero attached hydrogens (tertiary/aromatic N) is 1. The first kappa shape index (κ1) is 38.4. The fraction of sp³-hybridized carbons (Fsp3) is 0.257. The van der Waals surface area contributed by atoms with Crippen LogP contribution in [-0.2, 0) is 34.5 Å². The number of hydrogen-bond acceptors (Lipinski definition) is 6. The third-order valence-electron chi connectivity index (χ3n) is 7.72. The molecule has 0 saturated carbocycles. The molecule has 4 aromatic rings. The lowest BCUT2D eigenvalue weighted by Gasteiger charge is -2.20. The van der Waals surface area contributed by atoms with Crippen molar-refractivity contribution in [1.29, 1.82) is 0 Å². The normalized spacial score (nSPS) is 14.8. The second kappa shape index (κ2) is 14.8. The number of nitrogen functional groups attached to an aromatic ring is 1. The molecule has 1 unspecified atom stereocenters. The molecule has 272 valence electrons. The summed E-state index contributed by atoms with van der Waals surface area (Å²) in [6, 6.07) is 15.8. The molecule has 1 amide bonds. The van der Waals surface area contributed by atoms with E-state index in [1.165, 1.54) is 32.4 Å². The summed E-state index contributed by atoms with van der Waals surface area (Å²) >= 11 is 0. The fourth-order valence-corrected chi connectivity index (χ4v) is 5.08. The molecule has 0 aliphatic carbocycles. The Labute approximate surface area is 285 Å². The number of rotatable bonds is 6. The van der Waals surface area contributed by atoms with Crippen molar-refractivity contribution in [2.75, 3.05) is 26.6 Å². The number of methoxy groups -OCH3 is 2. The van der Waals surface area contributed by atoms with Gasteiger partial charge >= 0.3 is 30.6 Å². The highest BCUT2D eigenvalue weighted by Gasteiger charge is 2.38. The van der Waals surface area contributed by atoms with E-state index in [2.05, 4.69) is 9.47 Å². The van der Waals surface area contributed by atoms with E-state index in [0.29, 0.717) is 45.8 Å². The highest BCUT2D eigenvalue weighted by atomic mass is 19.4. The Kier molecular flexibility index (Phi) is 11.2. The average molecular weight is 729 g/mol. The summed E-state index contributed by atoms with van der Waals surface area (Å²) in [6.07, 6.45) is -15.0. The molecule has 7 nitrogen and oxygen atoms in total. The molecule has 1 aliphatic heterocycles. The van der Waals surface area contributed by atoms with Crippen LogP contribution in [0.5, 0.6) is 5.75 Å². The van der Waals surface area contributed by atoms with Crippen LogP contribution in [0.25, 0.3) is 22.3 Å². The Morgan fingerprint density at radius 1 is 0.765 bits per heavy atom. The van der Waals surface area contributed by atoms with E-state index in [9.17, 15) is 49.1 Å². The summed E-state index contributed by atoms with van der Waals surface area (Å²) in [6.45, 7) is 1.25. The summed E-state index contributed by atoms with van der Waals surface area (Å²) in [5, 5.41) is 0. The van der Waals surface area contributed by atoms with Crippen molar-refractivity contribution in [2.45, 2.75) is 38.0 Å². The Balaban J connectivity index is 0.000000238. The van der Waals surface area contributed by atoms with Gasteiger partial charge in [-0.3, -0.25) is 4.90 Å². The summed E-state index contributed by atoms with van der Waals surface area (Å²) in [4.78, 5) is 24.2. The van der Waals surface area contributed by atoms with Crippen LogP contribution in [0, 0.1) is 0 Å². The minimum Gasteiger partial charge on any atom is -0.496 e. The van der Waals surface area contributed by atoms with Gasteiger partial charge in [-0.2, -0.15) is 39.5 Å². The molecule has 1 atom stereocenters. The number of carbonyl (C=O) groups is 2. The number of esters is 1. The van der Waals surface area contributed by atoms with E-state index in [1.54, 1.807) is 37.3 Å². The van der Waals surface area contributed by atoms with Gasteiger partial charge in [0.1, 0.15) is 12.4 Å². The zero-order valence-electron chi connectivity index (χ0n) is 27.0. The maximum absolute atomic E-state index is 12.8. The molecule has 5 rings (SSSR count). The van der Waals surface area contributed by atoms with Crippen molar-refractivity contribution in [3.63, 3.8) is 0 Å². The molecule has 0 radical (unpaired) electrons. The van der Waals surface area contributed by atoms with Gasteiger partial charge in [-0.25, -0.2) is 9.59 Å². The van der Waals surface area contributed by atoms with Crippen LogP contribution >= 0.6 is 0 Å². The Morgan fingerprint density at radius 3 is 1.80 bits per heavy atom. The lowest BCUT2D eigenvalue weighted by atomic mass is 9.96. The average Bonchev–Trinajstić information content (AvgIpc) is 3.38.